The minimum absolute atomic E-state index is 0.465. The molecule has 0 aliphatic carbocycles. The number of aldehydes is 1. The van der Waals surface area contributed by atoms with Gasteiger partial charge in [-0.3, -0.25) is 4.79 Å². The first kappa shape index (κ1) is 13.4. The molecule has 1 rings (SSSR count). The van der Waals surface area contributed by atoms with Gasteiger partial charge in [-0.1, -0.05) is 28.1 Å². The summed E-state index contributed by atoms with van der Waals surface area (Å²) in [7, 11) is 0. The van der Waals surface area contributed by atoms with Crippen LogP contribution < -0.4 is 5.73 Å². The van der Waals surface area contributed by atoms with Gasteiger partial charge in [0.1, 0.15) is 12.4 Å². The van der Waals surface area contributed by atoms with Crippen LogP contribution in [0.4, 0.5) is 4.79 Å². The molecule has 1 unspecified atom stereocenters. The van der Waals surface area contributed by atoms with Gasteiger partial charge in [-0.05, 0) is 29.8 Å². The molecule has 0 fully saturated rings. The minimum Gasteiger partial charge on any atom is -0.442 e. The summed E-state index contributed by atoms with van der Waals surface area (Å²) < 4.78 is 5.81. The summed E-state index contributed by atoms with van der Waals surface area (Å²) in [5, 5.41) is 0. The van der Waals surface area contributed by atoms with E-state index in [0.717, 1.165) is 10.0 Å². The van der Waals surface area contributed by atoms with E-state index >= 15 is 0 Å². The van der Waals surface area contributed by atoms with E-state index in [-0.39, 0.29) is 0 Å². The lowest BCUT2D eigenvalue weighted by Crippen LogP contribution is -2.23. The molecule has 2 N–H and O–H groups in total. The van der Waals surface area contributed by atoms with Gasteiger partial charge in [-0.15, -0.1) is 0 Å². The highest BCUT2D eigenvalue weighted by Crippen LogP contribution is 2.14. The predicted octanol–water partition coefficient (Wildman–Crippen LogP) is 2.21. The fraction of sp³-hybridized carbons (Fsp3) is 0.167. The average molecular weight is 298 g/mol. The number of carbonyl (C=O) groups is 2. The van der Waals surface area contributed by atoms with Crippen LogP contribution >= 0.6 is 15.9 Å². The molecule has 0 saturated heterocycles. The molecule has 17 heavy (non-hydrogen) atoms. The Bertz CT molecular complexity index is 432. The van der Waals surface area contributed by atoms with Gasteiger partial charge in [-0.25, -0.2) is 4.79 Å². The second kappa shape index (κ2) is 6.85. The number of benzene rings is 1. The number of nitrogens with two attached hydrogens (primary N) is 1. The molecule has 0 aliphatic rings. The third-order valence-electron chi connectivity index (χ3n) is 2.00. The van der Waals surface area contributed by atoms with Crippen LogP contribution in [0.1, 0.15) is 5.56 Å². The van der Waals surface area contributed by atoms with Crippen LogP contribution in [0.3, 0.4) is 0 Å². The van der Waals surface area contributed by atoms with E-state index in [1.807, 2.05) is 24.3 Å². The second-order valence-corrected chi connectivity index (χ2v) is 4.25. The lowest BCUT2D eigenvalue weighted by atomic mass is 10.1. The lowest BCUT2D eigenvalue weighted by Gasteiger charge is -2.12. The third-order valence-corrected chi connectivity index (χ3v) is 2.49. The first-order valence-electron chi connectivity index (χ1n) is 4.94. The minimum atomic E-state index is -0.861. The summed E-state index contributed by atoms with van der Waals surface area (Å²) in [6.45, 7) is 0. The van der Waals surface area contributed by atoms with E-state index in [1.54, 1.807) is 0 Å². The van der Waals surface area contributed by atoms with Crippen molar-refractivity contribution in [2.75, 3.05) is 0 Å². The first-order valence-corrected chi connectivity index (χ1v) is 5.73. The van der Waals surface area contributed by atoms with Gasteiger partial charge in [0.15, 0.2) is 0 Å². The van der Waals surface area contributed by atoms with Crippen molar-refractivity contribution in [3.63, 3.8) is 0 Å². The van der Waals surface area contributed by atoms with Gasteiger partial charge in [0.25, 0.3) is 0 Å². The molecule has 1 amide bonds. The van der Waals surface area contributed by atoms with Crippen LogP contribution in [0, 0.1) is 0 Å². The molecule has 0 heterocycles. The number of primary amides is 1. The molecular weight excluding hydrogens is 286 g/mol. The van der Waals surface area contributed by atoms with Crippen molar-refractivity contribution in [3.05, 3.63) is 46.5 Å². The number of halogens is 1. The van der Waals surface area contributed by atoms with E-state index in [2.05, 4.69) is 15.9 Å². The highest BCUT2D eigenvalue weighted by Gasteiger charge is 2.09. The number of amides is 1. The average Bonchev–Trinajstić information content (AvgIpc) is 2.25. The molecular formula is C12H12BrNO3. The highest BCUT2D eigenvalue weighted by molar-refractivity contribution is 9.10. The number of hydrogen-bond acceptors (Lipinski definition) is 3. The van der Waals surface area contributed by atoms with Crippen LogP contribution in [0.25, 0.3) is 0 Å². The van der Waals surface area contributed by atoms with Crippen molar-refractivity contribution in [2.24, 2.45) is 5.73 Å². The van der Waals surface area contributed by atoms with Gasteiger partial charge in [0.2, 0.25) is 0 Å². The fourth-order valence-electron chi connectivity index (χ4n) is 1.36. The standard InChI is InChI=1S/C12H12BrNO3/c13-10-4-1-3-9(7-10)8-11(5-2-6-15)17-12(14)16/h1-7,11H,8H2,(H2,14,16). The van der Waals surface area contributed by atoms with E-state index in [4.69, 9.17) is 10.5 Å². The molecule has 4 nitrogen and oxygen atoms in total. The molecule has 5 heteroatoms. The van der Waals surface area contributed by atoms with E-state index in [0.29, 0.717) is 12.7 Å². The van der Waals surface area contributed by atoms with Crippen LogP contribution in [0.2, 0.25) is 0 Å². The molecule has 0 radical (unpaired) electrons. The Morgan fingerprint density at radius 3 is 2.88 bits per heavy atom. The Kier molecular flexibility index (Phi) is 5.42. The maximum absolute atomic E-state index is 10.7. The Hall–Kier alpha value is -1.62. The van der Waals surface area contributed by atoms with Crippen LogP contribution in [-0.4, -0.2) is 18.5 Å². The maximum Gasteiger partial charge on any atom is 0.405 e. The van der Waals surface area contributed by atoms with Crippen LogP contribution in [0.15, 0.2) is 40.9 Å². The van der Waals surface area contributed by atoms with Crippen LogP contribution in [0.5, 0.6) is 0 Å². The molecule has 1 aromatic rings. The molecule has 1 aromatic carbocycles. The summed E-state index contributed by atoms with van der Waals surface area (Å²) in [4.78, 5) is 20.9. The number of allylic oxidation sites excluding steroid dienone is 1. The Morgan fingerprint density at radius 1 is 1.53 bits per heavy atom. The van der Waals surface area contributed by atoms with Crippen molar-refractivity contribution < 1.29 is 14.3 Å². The van der Waals surface area contributed by atoms with Gasteiger partial charge in [-0.2, -0.15) is 0 Å². The van der Waals surface area contributed by atoms with Gasteiger partial charge >= 0.3 is 6.09 Å². The summed E-state index contributed by atoms with van der Waals surface area (Å²) in [5.41, 5.74) is 5.93. The van der Waals surface area contributed by atoms with Crippen LogP contribution in [-0.2, 0) is 16.0 Å². The van der Waals surface area contributed by atoms with E-state index in [9.17, 15) is 9.59 Å². The quantitative estimate of drug-likeness (QED) is 0.669. The smallest absolute Gasteiger partial charge is 0.405 e. The topological polar surface area (TPSA) is 69.4 Å². The summed E-state index contributed by atoms with van der Waals surface area (Å²) in [5.74, 6) is 0. The lowest BCUT2D eigenvalue weighted by molar-refractivity contribution is -0.104. The van der Waals surface area contributed by atoms with Gasteiger partial charge in [0.05, 0.1) is 0 Å². The maximum atomic E-state index is 10.7. The Morgan fingerprint density at radius 2 is 2.29 bits per heavy atom. The third kappa shape index (κ3) is 5.31. The predicted molar refractivity (Wildman–Crippen MR) is 67.5 cm³/mol. The molecule has 0 aromatic heterocycles. The van der Waals surface area contributed by atoms with E-state index < -0.39 is 12.2 Å². The Labute approximate surface area is 108 Å². The number of hydrogen-bond donors (Lipinski definition) is 1. The first-order chi connectivity index (χ1) is 8.11. The zero-order valence-corrected chi connectivity index (χ0v) is 10.6. The second-order valence-electron chi connectivity index (χ2n) is 3.33. The zero-order valence-electron chi connectivity index (χ0n) is 9.01. The normalized spacial score (nSPS) is 12.3. The monoisotopic (exact) mass is 297 g/mol. The number of rotatable bonds is 5. The van der Waals surface area contributed by atoms with Gasteiger partial charge in [0, 0.05) is 10.9 Å². The Balaban J connectivity index is 2.74. The molecule has 0 spiro atoms. The molecule has 0 saturated carbocycles. The number of ether oxygens (including phenoxy) is 1. The SMILES string of the molecule is NC(=O)OC(C=CC=O)Cc1cccc(Br)c1. The van der Waals surface area contributed by atoms with Crippen molar-refractivity contribution in [1.29, 1.82) is 0 Å². The molecule has 0 aliphatic heterocycles. The fourth-order valence-corrected chi connectivity index (χ4v) is 1.81. The van der Waals surface area contributed by atoms with Crippen molar-refractivity contribution >= 4 is 28.3 Å². The van der Waals surface area contributed by atoms with Crippen molar-refractivity contribution in [1.82, 2.24) is 0 Å². The largest absolute Gasteiger partial charge is 0.442 e. The summed E-state index contributed by atoms with van der Waals surface area (Å²) in [6, 6.07) is 7.59. The zero-order chi connectivity index (χ0) is 12.7. The molecule has 0 bridgehead atoms. The van der Waals surface area contributed by atoms with Gasteiger partial charge < -0.3 is 10.5 Å². The van der Waals surface area contributed by atoms with E-state index in [1.165, 1.54) is 12.2 Å². The molecule has 1 atom stereocenters. The van der Waals surface area contributed by atoms with Crippen molar-refractivity contribution in [2.45, 2.75) is 12.5 Å². The van der Waals surface area contributed by atoms with Crippen molar-refractivity contribution in [3.8, 4) is 0 Å². The molecule has 90 valence electrons. The number of carbonyl (C=O) groups excluding carboxylic acids is 2. The highest BCUT2D eigenvalue weighted by atomic mass is 79.9. The summed E-state index contributed by atoms with van der Waals surface area (Å²) in [6.07, 6.45) is 2.47. The summed E-state index contributed by atoms with van der Waals surface area (Å²) >= 11 is 3.35.